The first kappa shape index (κ1) is 15.4. The topological polar surface area (TPSA) is 67.6 Å². The summed E-state index contributed by atoms with van der Waals surface area (Å²) >= 11 is 0. The van der Waals surface area contributed by atoms with Crippen LogP contribution in [0, 0.1) is 6.92 Å². The lowest BCUT2D eigenvalue weighted by Gasteiger charge is -2.22. The number of furan rings is 1. The SMILES string of the molecule is COc1cc(CNC(=O)N(Cc2ccc(C)o2)C2CC2)ccn1. The van der Waals surface area contributed by atoms with Gasteiger partial charge in [0.25, 0.3) is 0 Å². The lowest BCUT2D eigenvalue weighted by Crippen LogP contribution is -2.40. The van der Waals surface area contributed by atoms with Crippen LogP contribution in [0.5, 0.6) is 5.88 Å². The third kappa shape index (κ3) is 4.03. The van der Waals surface area contributed by atoms with Crippen LogP contribution in [0.2, 0.25) is 0 Å². The molecule has 2 aromatic heterocycles. The predicted octanol–water partition coefficient (Wildman–Crippen LogP) is 2.87. The highest BCUT2D eigenvalue weighted by Crippen LogP contribution is 2.28. The van der Waals surface area contributed by atoms with Crippen LogP contribution in [-0.2, 0) is 13.1 Å². The van der Waals surface area contributed by atoms with E-state index in [1.807, 2.05) is 36.1 Å². The molecule has 1 N–H and O–H groups in total. The Labute approximate surface area is 135 Å². The predicted molar refractivity (Wildman–Crippen MR) is 85.0 cm³/mol. The third-order valence-electron chi connectivity index (χ3n) is 3.82. The molecule has 0 atom stereocenters. The Hall–Kier alpha value is -2.50. The quantitative estimate of drug-likeness (QED) is 0.890. The number of urea groups is 1. The molecule has 2 aromatic rings. The second-order valence-electron chi connectivity index (χ2n) is 5.74. The number of rotatable bonds is 6. The van der Waals surface area contributed by atoms with Crippen molar-refractivity contribution in [1.82, 2.24) is 15.2 Å². The summed E-state index contributed by atoms with van der Waals surface area (Å²) in [4.78, 5) is 18.4. The Morgan fingerprint density at radius 2 is 2.26 bits per heavy atom. The summed E-state index contributed by atoms with van der Waals surface area (Å²) in [6.45, 7) is 2.85. The van der Waals surface area contributed by atoms with Crippen molar-refractivity contribution in [3.63, 3.8) is 0 Å². The van der Waals surface area contributed by atoms with E-state index < -0.39 is 0 Å². The molecule has 0 aliphatic heterocycles. The number of hydrogen-bond donors (Lipinski definition) is 1. The van der Waals surface area contributed by atoms with Crippen LogP contribution in [0.25, 0.3) is 0 Å². The van der Waals surface area contributed by atoms with Gasteiger partial charge in [0.1, 0.15) is 11.5 Å². The van der Waals surface area contributed by atoms with E-state index in [9.17, 15) is 4.79 Å². The van der Waals surface area contributed by atoms with Crippen molar-refractivity contribution in [2.24, 2.45) is 0 Å². The van der Waals surface area contributed by atoms with Gasteiger partial charge in [0.2, 0.25) is 5.88 Å². The summed E-state index contributed by atoms with van der Waals surface area (Å²) in [6.07, 6.45) is 3.77. The number of aromatic nitrogens is 1. The summed E-state index contributed by atoms with van der Waals surface area (Å²) in [5.74, 6) is 2.22. The highest BCUT2D eigenvalue weighted by atomic mass is 16.5. The Kier molecular flexibility index (Phi) is 4.50. The molecule has 6 nitrogen and oxygen atoms in total. The molecule has 0 bridgehead atoms. The maximum Gasteiger partial charge on any atom is 0.318 e. The van der Waals surface area contributed by atoms with E-state index in [1.165, 1.54) is 0 Å². The van der Waals surface area contributed by atoms with Gasteiger partial charge in [-0.15, -0.1) is 0 Å². The van der Waals surface area contributed by atoms with Crippen molar-refractivity contribution in [2.45, 2.75) is 38.9 Å². The van der Waals surface area contributed by atoms with Crippen LogP contribution < -0.4 is 10.1 Å². The van der Waals surface area contributed by atoms with Crippen molar-refractivity contribution in [3.8, 4) is 5.88 Å². The zero-order valence-corrected chi connectivity index (χ0v) is 13.4. The lowest BCUT2D eigenvalue weighted by molar-refractivity contribution is 0.186. The summed E-state index contributed by atoms with van der Waals surface area (Å²) in [6, 6.07) is 7.76. The number of hydrogen-bond acceptors (Lipinski definition) is 4. The molecule has 23 heavy (non-hydrogen) atoms. The second-order valence-corrected chi connectivity index (χ2v) is 5.74. The summed E-state index contributed by atoms with van der Waals surface area (Å²) in [5.41, 5.74) is 0.954. The molecule has 2 amide bonds. The fraction of sp³-hybridized carbons (Fsp3) is 0.412. The number of aryl methyl sites for hydroxylation is 1. The van der Waals surface area contributed by atoms with Crippen molar-refractivity contribution in [2.75, 3.05) is 7.11 Å². The first-order valence-corrected chi connectivity index (χ1v) is 7.74. The summed E-state index contributed by atoms with van der Waals surface area (Å²) in [7, 11) is 1.57. The van der Waals surface area contributed by atoms with Gasteiger partial charge in [-0.3, -0.25) is 0 Å². The van der Waals surface area contributed by atoms with E-state index in [2.05, 4.69) is 10.3 Å². The molecule has 0 radical (unpaired) electrons. The van der Waals surface area contributed by atoms with E-state index >= 15 is 0 Å². The first-order valence-electron chi connectivity index (χ1n) is 7.74. The number of methoxy groups -OCH3 is 1. The average Bonchev–Trinajstić information content (AvgIpc) is 3.32. The molecule has 6 heteroatoms. The van der Waals surface area contributed by atoms with Crippen molar-refractivity contribution >= 4 is 6.03 Å². The number of carbonyl (C=O) groups excluding carboxylic acids is 1. The zero-order chi connectivity index (χ0) is 16.2. The molecule has 0 saturated heterocycles. The van der Waals surface area contributed by atoms with Gasteiger partial charge >= 0.3 is 6.03 Å². The first-order chi connectivity index (χ1) is 11.2. The number of amides is 2. The van der Waals surface area contributed by atoms with Crippen LogP contribution in [0.4, 0.5) is 4.79 Å². The van der Waals surface area contributed by atoms with Crippen LogP contribution in [0.1, 0.15) is 29.9 Å². The molecule has 1 saturated carbocycles. The average molecular weight is 315 g/mol. The summed E-state index contributed by atoms with van der Waals surface area (Å²) < 4.78 is 10.7. The van der Waals surface area contributed by atoms with Gasteiger partial charge in [0.15, 0.2) is 0 Å². The monoisotopic (exact) mass is 315 g/mol. The molecule has 0 aromatic carbocycles. The minimum atomic E-state index is -0.0719. The van der Waals surface area contributed by atoms with E-state index in [4.69, 9.17) is 9.15 Å². The molecule has 0 unspecified atom stereocenters. The Balaban J connectivity index is 1.60. The highest BCUT2D eigenvalue weighted by Gasteiger charge is 2.33. The van der Waals surface area contributed by atoms with Crippen LogP contribution in [-0.4, -0.2) is 29.1 Å². The number of nitrogens with one attached hydrogen (secondary N) is 1. The number of nitrogens with zero attached hydrogens (tertiary/aromatic N) is 2. The number of ether oxygens (including phenoxy) is 1. The molecule has 2 heterocycles. The molecular formula is C17H21N3O3. The van der Waals surface area contributed by atoms with E-state index in [-0.39, 0.29) is 6.03 Å². The van der Waals surface area contributed by atoms with Gasteiger partial charge in [0, 0.05) is 24.8 Å². The van der Waals surface area contributed by atoms with E-state index in [0.29, 0.717) is 25.0 Å². The maximum absolute atomic E-state index is 12.5. The molecular weight excluding hydrogens is 294 g/mol. The normalized spacial score (nSPS) is 13.7. The Morgan fingerprint density at radius 3 is 2.91 bits per heavy atom. The fourth-order valence-electron chi connectivity index (χ4n) is 2.44. The second kappa shape index (κ2) is 6.73. The Morgan fingerprint density at radius 1 is 1.43 bits per heavy atom. The van der Waals surface area contributed by atoms with Gasteiger partial charge in [-0.05, 0) is 43.5 Å². The van der Waals surface area contributed by atoms with E-state index in [1.54, 1.807) is 13.3 Å². The zero-order valence-electron chi connectivity index (χ0n) is 13.4. The lowest BCUT2D eigenvalue weighted by atomic mass is 10.2. The molecule has 1 aliphatic rings. The van der Waals surface area contributed by atoms with Crippen molar-refractivity contribution in [3.05, 3.63) is 47.5 Å². The molecule has 3 rings (SSSR count). The van der Waals surface area contributed by atoms with Crippen LogP contribution in [0.3, 0.4) is 0 Å². The number of carbonyl (C=O) groups is 1. The largest absolute Gasteiger partial charge is 0.481 e. The fourth-order valence-corrected chi connectivity index (χ4v) is 2.44. The van der Waals surface area contributed by atoms with Crippen molar-refractivity contribution in [1.29, 1.82) is 0 Å². The minimum Gasteiger partial charge on any atom is -0.481 e. The van der Waals surface area contributed by atoms with Gasteiger partial charge in [-0.25, -0.2) is 9.78 Å². The molecule has 1 aliphatic carbocycles. The van der Waals surface area contributed by atoms with Crippen molar-refractivity contribution < 1.29 is 13.9 Å². The molecule has 1 fully saturated rings. The van der Waals surface area contributed by atoms with Gasteiger partial charge in [0.05, 0.1) is 13.7 Å². The van der Waals surface area contributed by atoms with Crippen LogP contribution >= 0.6 is 0 Å². The smallest absolute Gasteiger partial charge is 0.318 e. The third-order valence-corrected chi connectivity index (χ3v) is 3.82. The van der Waals surface area contributed by atoms with Gasteiger partial charge in [-0.2, -0.15) is 0 Å². The van der Waals surface area contributed by atoms with Gasteiger partial charge in [-0.1, -0.05) is 0 Å². The Bertz CT molecular complexity index is 679. The van der Waals surface area contributed by atoms with E-state index in [0.717, 1.165) is 29.9 Å². The molecule has 0 spiro atoms. The van der Waals surface area contributed by atoms with Crippen LogP contribution in [0.15, 0.2) is 34.9 Å². The maximum atomic E-state index is 12.5. The molecule has 122 valence electrons. The summed E-state index contributed by atoms with van der Waals surface area (Å²) in [5, 5.41) is 2.96. The highest BCUT2D eigenvalue weighted by molar-refractivity contribution is 5.74. The number of pyridine rings is 1. The standard InChI is InChI=1S/C17H21N3O3/c1-12-3-6-15(23-12)11-20(14-4-5-14)17(21)19-10-13-7-8-18-16(9-13)22-2/h3,6-9,14H,4-5,10-11H2,1-2H3,(H,19,21). The minimum absolute atomic E-state index is 0.0719. The van der Waals surface area contributed by atoms with Gasteiger partial charge < -0.3 is 19.4 Å².